The summed E-state index contributed by atoms with van der Waals surface area (Å²) in [6, 6.07) is 10.9. The summed E-state index contributed by atoms with van der Waals surface area (Å²) >= 11 is 5.91. The van der Waals surface area contributed by atoms with Crippen molar-refractivity contribution in [1.29, 1.82) is 0 Å². The fraction of sp³-hybridized carbons (Fsp3) is 0.0625. The van der Waals surface area contributed by atoms with Crippen LogP contribution in [0.25, 0.3) is 22.9 Å². The Morgan fingerprint density at radius 3 is 2.68 bits per heavy atom. The van der Waals surface area contributed by atoms with E-state index >= 15 is 0 Å². The SMILES string of the molecule is Cc1cccn2c3nc(=O)n(-c4ccc(Cl)cc4)c-3cnc12. The highest BCUT2D eigenvalue weighted by molar-refractivity contribution is 6.30. The molecule has 1 aromatic heterocycles. The fourth-order valence-electron chi connectivity index (χ4n) is 2.60. The van der Waals surface area contributed by atoms with Gasteiger partial charge in [0.25, 0.3) is 0 Å². The zero-order chi connectivity index (χ0) is 15.3. The Labute approximate surface area is 130 Å². The molecule has 22 heavy (non-hydrogen) atoms. The van der Waals surface area contributed by atoms with Crippen LogP contribution in [-0.4, -0.2) is 18.9 Å². The van der Waals surface area contributed by atoms with E-state index in [0.717, 1.165) is 11.2 Å². The van der Waals surface area contributed by atoms with Gasteiger partial charge in [-0.2, -0.15) is 4.98 Å². The first-order valence-electron chi connectivity index (χ1n) is 6.76. The summed E-state index contributed by atoms with van der Waals surface area (Å²) in [6.45, 7) is 1.97. The predicted molar refractivity (Wildman–Crippen MR) is 85.0 cm³/mol. The van der Waals surface area contributed by atoms with E-state index in [2.05, 4.69) is 9.97 Å². The van der Waals surface area contributed by atoms with Crippen molar-refractivity contribution in [2.75, 3.05) is 0 Å². The number of rotatable bonds is 1. The summed E-state index contributed by atoms with van der Waals surface area (Å²) in [5.41, 5.74) is 2.86. The second-order valence-electron chi connectivity index (χ2n) is 5.06. The summed E-state index contributed by atoms with van der Waals surface area (Å²) in [7, 11) is 0. The second-order valence-corrected chi connectivity index (χ2v) is 5.49. The van der Waals surface area contributed by atoms with E-state index in [1.165, 1.54) is 4.57 Å². The second kappa shape index (κ2) is 4.68. The van der Waals surface area contributed by atoms with Crippen LogP contribution >= 0.6 is 11.6 Å². The predicted octanol–water partition coefficient (Wildman–Crippen LogP) is 2.95. The molecular weight excluding hydrogens is 300 g/mol. The first-order chi connectivity index (χ1) is 10.6. The van der Waals surface area contributed by atoms with Crippen molar-refractivity contribution in [3.05, 3.63) is 69.9 Å². The maximum absolute atomic E-state index is 12.3. The topological polar surface area (TPSA) is 52.2 Å². The minimum absolute atomic E-state index is 0.333. The number of aryl methyl sites for hydroxylation is 1. The Morgan fingerprint density at radius 2 is 1.91 bits per heavy atom. The van der Waals surface area contributed by atoms with E-state index in [1.807, 2.05) is 29.7 Å². The van der Waals surface area contributed by atoms with Gasteiger partial charge in [-0.05, 0) is 42.8 Å². The maximum atomic E-state index is 12.3. The van der Waals surface area contributed by atoms with Crippen molar-refractivity contribution in [2.24, 2.45) is 0 Å². The third-order valence-electron chi connectivity index (χ3n) is 3.65. The minimum Gasteiger partial charge on any atom is -0.284 e. The smallest absolute Gasteiger partial charge is 0.284 e. The summed E-state index contributed by atoms with van der Waals surface area (Å²) in [5, 5.41) is 0.620. The molecule has 2 aromatic rings. The van der Waals surface area contributed by atoms with E-state index in [1.54, 1.807) is 30.5 Å². The first kappa shape index (κ1) is 13.0. The lowest BCUT2D eigenvalue weighted by atomic mass is 10.2. The van der Waals surface area contributed by atoms with E-state index in [4.69, 9.17) is 11.6 Å². The highest BCUT2D eigenvalue weighted by Gasteiger charge is 2.19. The standard InChI is InChI=1S/C16H11ClN4O/c1-10-3-2-8-20-14(10)18-9-13-15(20)19-16(22)21(13)12-6-4-11(17)5-7-12/h2-9H,1H3. The molecule has 2 aliphatic heterocycles. The minimum atomic E-state index is -0.333. The lowest BCUT2D eigenvalue weighted by Crippen LogP contribution is -2.14. The van der Waals surface area contributed by atoms with Crippen LogP contribution in [0.5, 0.6) is 0 Å². The number of aromatic nitrogens is 4. The van der Waals surface area contributed by atoms with Gasteiger partial charge < -0.3 is 0 Å². The molecule has 0 saturated carbocycles. The normalized spacial score (nSPS) is 11.4. The molecule has 4 rings (SSSR count). The summed E-state index contributed by atoms with van der Waals surface area (Å²) in [6.07, 6.45) is 3.54. The molecular formula is C16H11ClN4O. The van der Waals surface area contributed by atoms with E-state index in [0.29, 0.717) is 22.2 Å². The van der Waals surface area contributed by atoms with Gasteiger partial charge in [0.05, 0.1) is 11.9 Å². The molecule has 1 aromatic carbocycles. The summed E-state index contributed by atoms with van der Waals surface area (Å²) in [5.74, 6) is 0.591. The van der Waals surface area contributed by atoms with Crippen molar-refractivity contribution in [2.45, 2.75) is 6.92 Å². The van der Waals surface area contributed by atoms with Crippen molar-refractivity contribution in [3.63, 3.8) is 0 Å². The quantitative estimate of drug-likeness (QED) is 0.543. The number of fused-ring (bicyclic) bond motifs is 3. The number of hydrogen-bond acceptors (Lipinski definition) is 3. The Bertz CT molecular complexity index is 1020. The number of benzene rings is 1. The van der Waals surface area contributed by atoms with Crippen LogP contribution in [0, 0.1) is 6.92 Å². The molecule has 0 N–H and O–H groups in total. The van der Waals surface area contributed by atoms with Gasteiger partial charge in [0, 0.05) is 11.2 Å². The van der Waals surface area contributed by atoms with Gasteiger partial charge in [-0.1, -0.05) is 17.7 Å². The molecule has 0 unspecified atom stereocenters. The average molecular weight is 311 g/mol. The van der Waals surface area contributed by atoms with Gasteiger partial charge in [-0.15, -0.1) is 0 Å². The number of pyridine rings is 1. The molecule has 0 spiro atoms. The molecule has 0 bridgehead atoms. The average Bonchev–Trinajstić information content (AvgIpc) is 2.85. The van der Waals surface area contributed by atoms with Gasteiger partial charge in [0.1, 0.15) is 11.3 Å². The van der Waals surface area contributed by atoms with Crippen LogP contribution < -0.4 is 5.69 Å². The molecule has 5 nitrogen and oxygen atoms in total. The van der Waals surface area contributed by atoms with Crippen LogP contribution in [0.1, 0.15) is 5.56 Å². The van der Waals surface area contributed by atoms with Crippen LogP contribution in [0.2, 0.25) is 5.02 Å². The van der Waals surface area contributed by atoms with E-state index in [-0.39, 0.29) is 5.69 Å². The van der Waals surface area contributed by atoms with Gasteiger partial charge >= 0.3 is 5.69 Å². The number of hydrogen-bond donors (Lipinski definition) is 0. The van der Waals surface area contributed by atoms with Crippen molar-refractivity contribution in [3.8, 4) is 17.2 Å². The van der Waals surface area contributed by atoms with Crippen LogP contribution in [0.4, 0.5) is 0 Å². The maximum Gasteiger partial charge on any atom is 0.354 e. The highest BCUT2D eigenvalue weighted by atomic mass is 35.5. The van der Waals surface area contributed by atoms with Gasteiger partial charge in [0.15, 0.2) is 5.82 Å². The molecule has 2 aliphatic rings. The summed E-state index contributed by atoms with van der Waals surface area (Å²) in [4.78, 5) is 21.0. The van der Waals surface area contributed by atoms with Crippen molar-refractivity contribution >= 4 is 17.2 Å². The molecule has 0 fully saturated rings. The zero-order valence-electron chi connectivity index (χ0n) is 11.7. The van der Waals surface area contributed by atoms with Gasteiger partial charge in [-0.25, -0.2) is 9.78 Å². The molecule has 0 aliphatic carbocycles. The lowest BCUT2D eigenvalue weighted by molar-refractivity contribution is 0.994. The van der Waals surface area contributed by atoms with Crippen molar-refractivity contribution < 1.29 is 0 Å². The Kier molecular flexibility index (Phi) is 2.77. The fourth-order valence-corrected chi connectivity index (χ4v) is 2.73. The van der Waals surface area contributed by atoms with Gasteiger partial charge in [-0.3, -0.25) is 8.97 Å². The van der Waals surface area contributed by atoms with Crippen LogP contribution in [0.15, 0.2) is 53.6 Å². The Hall–Kier alpha value is -2.66. The van der Waals surface area contributed by atoms with Crippen LogP contribution in [-0.2, 0) is 0 Å². The largest absolute Gasteiger partial charge is 0.354 e. The van der Waals surface area contributed by atoms with Crippen LogP contribution in [0.3, 0.4) is 0 Å². The first-order valence-corrected chi connectivity index (χ1v) is 7.14. The number of imidazole rings is 1. The third kappa shape index (κ3) is 1.83. The lowest BCUT2D eigenvalue weighted by Gasteiger charge is -2.10. The molecule has 0 amide bonds. The monoisotopic (exact) mass is 310 g/mol. The molecule has 0 radical (unpaired) electrons. The molecule has 108 valence electrons. The Balaban J connectivity index is 2.06. The number of nitrogens with zero attached hydrogens (tertiary/aromatic N) is 4. The molecule has 0 atom stereocenters. The zero-order valence-corrected chi connectivity index (χ0v) is 12.4. The van der Waals surface area contributed by atoms with Gasteiger partial charge in [0.2, 0.25) is 0 Å². The third-order valence-corrected chi connectivity index (χ3v) is 3.90. The van der Waals surface area contributed by atoms with E-state index in [9.17, 15) is 4.79 Å². The van der Waals surface area contributed by atoms with E-state index < -0.39 is 0 Å². The highest BCUT2D eigenvalue weighted by Crippen LogP contribution is 2.23. The summed E-state index contributed by atoms with van der Waals surface area (Å²) < 4.78 is 3.37. The van der Waals surface area contributed by atoms with Crippen molar-refractivity contribution in [1.82, 2.24) is 18.9 Å². The molecule has 6 heteroatoms. The molecule has 0 saturated heterocycles. The number of halogens is 1. The Morgan fingerprint density at radius 1 is 1.14 bits per heavy atom. The molecule has 3 heterocycles.